The van der Waals surface area contributed by atoms with E-state index in [0.717, 1.165) is 13.0 Å². The van der Waals surface area contributed by atoms with Crippen molar-refractivity contribution in [3.8, 4) is 0 Å². The van der Waals surface area contributed by atoms with Crippen LogP contribution in [-0.4, -0.2) is 17.6 Å². The van der Waals surface area contributed by atoms with Crippen molar-refractivity contribution < 1.29 is 0 Å². The zero-order chi connectivity index (χ0) is 11.4. The van der Waals surface area contributed by atoms with Gasteiger partial charge in [0.2, 0.25) is 0 Å². The van der Waals surface area contributed by atoms with Crippen molar-refractivity contribution in [3.05, 3.63) is 42.4 Å². The van der Waals surface area contributed by atoms with Crippen molar-refractivity contribution in [2.75, 3.05) is 6.54 Å². The van der Waals surface area contributed by atoms with E-state index in [1.54, 1.807) is 0 Å². The van der Waals surface area contributed by atoms with Gasteiger partial charge in [-0.25, -0.2) is 0 Å². The van der Waals surface area contributed by atoms with Crippen LogP contribution in [0.5, 0.6) is 0 Å². The molecule has 1 fully saturated rings. The van der Waals surface area contributed by atoms with Crippen LogP contribution in [0.3, 0.4) is 0 Å². The Morgan fingerprint density at radius 2 is 2.24 bits per heavy atom. The van der Waals surface area contributed by atoms with Gasteiger partial charge >= 0.3 is 0 Å². The van der Waals surface area contributed by atoms with Crippen molar-refractivity contribution in [1.29, 1.82) is 0 Å². The highest BCUT2D eigenvalue weighted by atomic mass is 14.9. The first-order valence-electron chi connectivity index (χ1n) is 6.48. The molecule has 2 unspecified atom stereocenters. The second kappa shape index (κ2) is 3.36. The van der Waals surface area contributed by atoms with Crippen LogP contribution in [-0.2, 0) is 6.42 Å². The summed E-state index contributed by atoms with van der Waals surface area (Å²) in [5, 5.41) is 5.14. The van der Waals surface area contributed by atoms with E-state index in [4.69, 9.17) is 0 Å². The van der Waals surface area contributed by atoms with E-state index in [0.29, 0.717) is 17.9 Å². The maximum Gasteiger partial charge on any atom is 0.0459 e. The first-order valence-corrected chi connectivity index (χ1v) is 6.48. The summed E-state index contributed by atoms with van der Waals surface area (Å²) in [5.74, 6) is 1.20. The van der Waals surface area contributed by atoms with Crippen molar-refractivity contribution in [1.82, 2.24) is 10.3 Å². The first kappa shape index (κ1) is 9.72. The number of hydrogen-bond donors (Lipinski definition) is 2. The zero-order valence-electron chi connectivity index (χ0n) is 9.87. The average molecular weight is 225 g/mol. The van der Waals surface area contributed by atoms with Gasteiger partial charge in [0.15, 0.2) is 0 Å². The van der Waals surface area contributed by atoms with Crippen molar-refractivity contribution >= 4 is 10.9 Å². The van der Waals surface area contributed by atoms with Gasteiger partial charge in [0.1, 0.15) is 0 Å². The Hall–Kier alpha value is -1.28. The Morgan fingerprint density at radius 3 is 3.18 bits per heavy atom. The molecule has 1 aromatic heterocycles. The molecule has 2 aliphatic rings. The maximum atomic E-state index is 4.23. The molecule has 17 heavy (non-hydrogen) atoms. The third-order valence-corrected chi connectivity index (χ3v) is 4.40. The van der Waals surface area contributed by atoms with E-state index in [1.165, 1.54) is 28.5 Å². The van der Waals surface area contributed by atoms with Gasteiger partial charge in [0, 0.05) is 29.1 Å². The quantitative estimate of drug-likeness (QED) is 0.708. The highest BCUT2D eigenvalue weighted by Gasteiger charge is 2.34. The Morgan fingerprint density at radius 1 is 1.29 bits per heavy atom. The molecule has 87 valence electrons. The number of H-pyrrole nitrogens is 1. The number of nitrogens with one attached hydrogen (secondary N) is 2. The molecule has 0 bridgehead atoms. The molecule has 2 nitrogen and oxygen atoms in total. The summed E-state index contributed by atoms with van der Waals surface area (Å²) in [5.41, 5.74) is 4.30. The van der Waals surface area contributed by atoms with Crippen LogP contribution in [0.25, 0.3) is 10.9 Å². The summed E-state index contributed by atoms with van der Waals surface area (Å²) in [6.45, 7) is 5.29. The highest BCUT2D eigenvalue weighted by Crippen LogP contribution is 2.41. The van der Waals surface area contributed by atoms with Gasteiger partial charge in [-0.3, -0.25) is 0 Å². The fourth-order valence-electron chi connectivity index (χ4n) is 3.62. The van der Waals surface area contributed by atoms with Gasteiger partial charge in [-0.05, 0) is 49.4 Å². The molecule has 0 spiro atoms. The molecule has 2 aromatic rings. The van der Waals surface area contributed by atoms with Crippen LogP contribution in [0.1, 0.15) is 23.5 Å². The van der Waals surface area contributed by atoms with Gasteiger partial charge in [-0.2, -0.15) is 0 Å². The third-order valence-electron chi connectivity index (χ3n) is 4.40. The topological polar surface area (TPSA) is 27.8 Å². The number of rotatable bonds is 0. The smallest absolute Gasteiger partial charge is 0.0459 e. The molecular weight excluding hydrogens is 208 g/mol. The molecule has 0 amide bonds. The SMILES string of the molecule is [CH2]C1CN[C@@H]2Cc3c[nH]c4cccc(c34)C2C1. The molecular formula is C15H17N2. The van der Waals surface area contributed by atoms with E-state index in [9.17, 15) is 0 Å². The number of fused-ring (bicyclic) bond motifs is 2. The monoisotopic (exact) mass is 225 g/mol. The lowest BCUT2D eigenvalue weighted by atomic mass is 9.74. The van der Waals surface area contributed by atoms with Crippen LogP contribution in [0, 0.1) is 12.8 Å². The standard InChI is InChI=1S/C15H17N2/c1-9-5-12-11-3-2-4-13-15(11)10(8-17-13)6-14(12)16-7-9/h2-4,8-9,12,14,16-17H,1,5-7H2/t9?,12?,14-/m1/s1. The Bertz CT molecular complexity index is 569. The summed E-state index contributed by atoms with van der Waals surface area (Å²) < 4.78 is 0. The van der Waals surface area contributed by atoms with E-state index < -0.39 is 0 Å². The summed E-state index contributed by atoms with van der Waals surface area (Å²) >= 11 is 0. The molecule has 1 aliphatic carbocycles. The van der Waals surface area contributed by atoms with Crippen LogP contribution < -0.4 is 5.32 Å². The zero-order valence-corrected chi connectivity index (χ0v) is 9.87. The largest absolute Gasteiger partial charge is 0.361 e. The minimum atomic E-state index is 0.548. The third kappa shape index (κ3) is 1.31. The van der Waals surface area contributed by atoms with Gasteiger partial charge in [-0.1, -0.05) is 12.1 Å². The summed E-state index contributed by atoms with van der Waals surface area (Å²) in [6, 6.07) is 7.27. The lowest BCUT2D eigenvalue weighted by Crippen LogP contribution is -2.46. The second-order valence-corrected chi connectivity index (χ2v) is 5.51. The highest BCUT2D eigenvalue weighted by molar-refractivity contribution is 5.88. The van der Waals surface area contributed by atoms with E-state index in [2.05, 4.69) is 41.6 Å². The number of aromatic nitrogens is 1. The molecule has 1 aromatic carbocycles. The van der Waals surface area contributed by atoms with Crippen molar-refractivity contribution in [2.45, 2.75) is 24.8 Å². The minimum absolute atomic E-state index is 0.548. The first-order chi connectivity index (χ1) is 8.33. The molecule has 0 saturated carbocycles. The summed E-state index contributed by atoms with van der Waals surface area (Å²) in [4.78, 5) is 3.40. The predicted octanol–water partition coefficient (Wildman–Crippen LogP) is 2.62. The van der Waals surface area contributed by atoms with E-state index in [1.807, 2.05) is 0 Å². The Balaban J connectivity index is 1.92. The van der Waals surface area contributed by atoms with Crippen LogP contribution in [0.2, 0.25) is 0 Å². The van der Waals surface area contributed by atoms with Crippen LogP contribution in [0.15, 0.2) is 24.4 Å². The average Bonchev–Trinajstić information content (AvgIpc) is 2.75. The van der Waals surface area contributed by atoms with Gasteiger partial charge < -0.3 is 10.3 Å². The van der Waals surface area contributed by atoms with E-state index >= 15 is 0 Å². The minimum Gasteiger partial charge on any atom is -0.361 e. The number of piperidine rings is 1. The van der Waals surface area contributed by atoms with Gasteiger partial charge in [-0.15, -0.1) is 0 Å². The lowest BCUT2D eigenvalue weighted by Gasteiger charge is -2.39. The molecule has 1 aliphatic heterocycles. The molecule has 2 heterocycles. The van der Waals surface area contributed by atoms with E-state index in [-0.39, 0.29) is 0 Å². The maximum absolute atomic E-state index is 4.23. The Kier molecular flexibility index (Phi) is 1.92. The van der Waals surface area contributed by atoms with Gasteiger partial charge in [0.25, 0.3) is 0 Å². The summed E-state index contributed by atoms with van der Waals surface area (Å²) in [6.07, 6.45) is 4.57. The van der Waals surface area contributed by atoms with Crippen molar-refractivity contribution in [3.63, 3.8) is 0 Å². The number of aromatic amines is 1. The molecule has 2 heteroatoms. The number of benzene rings is 1. The fraction of sp³-hybridized carbons (Fsp3) is 0.400. The van der Waals surface area contributed by atoms with Crippen molar-refractivity contribution in [2.24, 2.45) is 5.92 Å². The lowest BCUT2D eigenvalue weighted by molar-refractivity contribution is 0.299. The predicted molar refractivity (Wildman–Crippen MR) is 70.0 cm³/mol. The molecule has 4 rings (SSSR count). The molecule has 1 saturated heterocycles. The summed E-state index contributed by atoms with van der Waals surface area (Å²) in [7, 11) is 0. The normalized spacial score (nSPS) is 31.5. The van der Waals surface area contributed by atoms with Gasteiger partial charge in [0.05, 0.1) is 0 Å². The molecule has 2 N–H and O–H groups in total. The van der Waals surface area contributed by atoms with Crippen LogP contribution in [0.4, 0.5) is 0 Å². The Labute approximate surface area is 101 Å². The van der Waals surface area contributed by atoms with Crippen LogP contribution >= 0.6 is 0 Å². The second-order valence-electron chi connectivity index (χ2n) is 5.51. The molecule has 1 radical (unpaired) electrons. The number of hydrogen-bond acceptors (Lipinski definition) is 1. The fourth-order valence-corrected chi connectivity index (χ4v) is 3.62. The molecule has 3 atom stereocenters.